The number of nitriles is 1. The molecule has 4 fully saturated rings. The first kappa shape index (κ1) is 12.0. The van der Waals surface area contributed by atoms with Crippen molar-refractivity contribution in [3.63, 3.8) is 0 Å². The standard InChI is InChI=1S/C15H22N2O/c1-13-3-11-4-14(2,7-13)9-15(5-11,8-13)6-12(18)17-10-16/h11H,3-9H2,1-2H3,(H,17,18). The highest BCUT2D eigenvalue weighted by molar-refractivity contribution is 5.78. The second kappa shape index (κ2) is 3.50. The molecule has 0 saturated heterocycles. The average molecular weight is 246 g/mol. The Kier molecular flexibility index (Phi) is 2.33. The van der Waals surface area contributed by atoms with Crippen molar-refractivity contribution in [2.75, 3.05) is 0 Å². The van der Waals surface area contributed by atoms with E-state index >= 15 is 0 Å². The Labute approximate surface area is 109 Å². The highest BCUT2D eigenvalue weighted by atomic mass is 16.1. The molecule has 18 heavy (non-hydrogen) atoms. The number of hydrogen-bond donors (Lipinski definition) is 1. The first-order valence-corrected chi connectivity index (χ1v) is 7.04. The van der Waals surface area contributed by atoms with Crippen molar-refractivity contribution in [1.29, 1.82) is 5.26 Å². The van der Waals surface area contributed by atoms with Gasteiger partial charge in [0.1, 0.15) is 0 Å². The van der Waals surface area contributed by atoms with Gasteiger partial charge >= 0.3 is 0 Å². The van der Waals surface area contributed by atoms with Gasteiger partial charge in [-0.2, -0.15) is 5.26 Å². The van der Waals surface area contributed by atoms with Gasteiger partial charge in [0, 0.05) is 6.42 Å². The molecule has 98 valence electrons. The largest absolute Gasteiger partial charge is 0.274 e. The molecule has 0 heterocycles. The molecule has 0 radical (unpaired) electrons. The first-order valence-electron chi connectivity index (χ1n) is 7.04. The topological polar surface area (TPSA) is 52.9 Å². The minimum absolute atomic E-state index is 0.0772. The van der Waals surface area contributed by atoms with Crippen LogP contribution in [0.4, 0.5) is 0 Å². The van der Waals surface area contributed by atoms with E-state index in [0.29, 0.717) is 17.3 Å². The van der Waals surface area contributed by atoms with Crippen LogP contribution >= 0.6 is 0 Å². The number of nitrogens with zero attached hydrogens (tertiary/aromatic N) is 1. The molecule has 0 aromatic rings. The van der Waals surface area contributed by atoms with Gasteiger partial charge < -0.3 is 0 Å². The third kappa shape index (κ3) is 1.83. The van der Waals surface area contributed by atoms with Gasteiger partial charge in [-0.05, 0) is 60.7 Å². The molecule has 4 aliphatic rings. The van der Waals surface area contributed by atoms with E-state index in [0.717, 1.165) is 5.92 Å². The molecule has 0 spiro atoms. The molecule has 0 aliphatic heterocycles. The molecule has 3 nitrogen and oxygen atoms in total. The van der Waals surface area contributed by atoms with Crippen molar-refractivity contribution < 1.29 is 4.79 Å². The van der Waals surface area contributed by atoms with E-state index in [1.807, 2.05) is 0 Å². The van der Waals surface area contributed by atoms with Gasteiger partial charge in [-0.25, -0.2) is 0 Å². The highest BCUT2D eigenvalue weighted by Gasteiger charge is 2.60. The normalized spacial score (nSPS) is 48.8. The smallest absolute Gasteiger partial charge is 0.233 e. The van der Waals surface area contributed by atoms with Crippen LogP contribution in [0.5, 0.6) is 0 Å². The molecule has 1 amide bonds. The van der Waals surface area contributed by atoms with Crippen molar-refractivity contribution in [2.24, 2.45) is 22.2 Å². The summed E-state index contributed by atoms with van der Waals surface area (Å²) in [6, 6.07) is 0. The first-order chi connectivity index (χ1) is 8.36. The van der Waals surface area contributed by atoms with E-state index in [9.17, 15) is 4.79 Å². The predicted octanol–water partition coefficient (Wildman–Crippen LogP) is 2.97. The van der Waals surface area contributed by atoms with Crippen LogP contribution in [0.3, 0.4) is 0 Å². The molecule has 2 atom stereocenters. The summed E-state index contributed by atoms with van der Waals surface area (Å²) in [4.78, 5) is 11.8. The lowest BCUT2D eigenvalue weighted by atomic mass is 9.40. The molecule has 4 saturated carbocycles. The van der Waals surface area contributed by atoms with Gasteiger partial charge in [0.25, 0.3) is 0 Å². The maximum absolute atomic E-state index is 11.8. The number of amides is 1. The van der Waals surface area contributed by atoms with E-state index in [2.05, 4.69) is 19.2 Å². The van der Waals surface area contributed by atoms with Crippen LogP contribution in [-0.4, -0.2) is 5.91 Å². The number of rotatable bonds is 2. The second-order valence-electron chi connectivity index (χ2n) is 7.97. The van der Waals surface area contributed by atoms with Crippen LogP contribution in [0.2, 0.25) is 0 Å². The van der Waals surface area contributed by atoms with Crippen LogP contribution in [-0.2, 0) is 4.79 Å². The molecule has 3 heteroatoms. The molecule has 1 N–H and O–H groups in total. The van der Waals surface area contributed by atoms with Crippen LogP contribution < -0.4 is 5.32 Å². The molecule has 0 aromatic carbocycles. The Morgan fingerprint density at radius 3 is 2.33 bits per heavy atom. The highest BCUT2D eigenvalue weighted by Crippen LogP contribution is 2.70. The SMILES string of the molecule is CC12CC3CC(C)(C1)CC(CC(=O)NC#N)(C3)C2. The van der Waals surface area contributed by atoms with E-state index < -0.39 is 0 Å². The van der Waals surface area contributed by atoms with Gasteiger partial charge in [-0.15, -0.1) is 0 Å². The van der Waals surface area contributed by atoms with E-state index in [4.69, 9.17) is 5.26 Å². The minimum Gasteiger partial charge on any atom is -0.274 e. The van der Waals surface area contributed by atoms with Crippen LogP contribution in [0.1, 0.15) is 58.8 Å². The summed E-state index contributed by atoms with van der Waals surface area (Å²) in [6.45, 7) is 4.82. The van der Waals surface area contributed by atoms with Crippen molar-refractivity contribution >= 4 is 5.91 Å². The van der Waals surface area contributed by atoms with Crippen molar-refractivity contribution in [1.82, 2.24) is 5.32 Å². The molecule has 4 aliphatic carbocycles. The summed E-state index contributed by atoms with van der Waals surface area (Å²) < 4.78 is 0. The minimum atomic E-state index is -0.0772. The summed E-state index contributed by atoms with van der Waals surface area (Å²) in [5.74, 6) is 0.734. The average Bonchev–Trinajstić information content (AvgIpc) is 2.09. The maximum Gasteiger partial charge on any atom is 0.233 e. The third-order valence-electron chi connectivity index (χ3n) is 5.47. The molecular weight excluding hydrogens is 224 g/mol. The summed E-state index contributed by atoms with van der Waals surface area (Å²) in [7, 11) is 0. The van der Waals surface area contributed by atoms with Gasteiger partial charge in [0.15, 0.2) is 6.19 Å². The second-order valence-corrected chi connectivity index (χ2v) is 7.97. The van der Waals surface area contributed by atoms with Gasteiger partial charge in [0.05, 0.1) is 0 Å². The van der Waals surface area contributed by atoms with Gasteiger partial charge in [-0.1, -0.05) is 13.8 Å². The molecule has 4 bridgehead atoms. The summed E-state index contributed by atoms with van der Waals surface area (Å²) in [6.07, 6.45) is 9.94. The molecule has 4 rings (SSSR count). The van der Waals surface area contributed by atoms with E-state index in [1.54, 1.807) is 6.19 Å². The Morgan fingerprint density at radius 2 is 1.83 bits per heavy atom. The lowest BCUT2D eigenvalue weighted by Gasteiger charge is -2.65. The molecule has 2 unspecified atom stereocenters. The van der Waals surface area contributed by atoms with Crippen molar-refractivity contribution in [3.8, 4) is 6.19 Å². The zero-order valence-corrected chi connectivity index (χ0v) is 11.4. The van der Waals surface area contributed by atoms with Crippen LogP contribution in [0.15, 0.2) is 0 Å². The van der Waals surface area contributed by atoms with Gasteiger partial charge in [-0.3, -0.25) is 10.1 Å². The number of carbonyl (C=O) groups is 1. The fourth-order valence-electron chi connectivity index (χ4n) is 6.33. The van der Waals surface area contributed by atoms with Crippen molar-refractivity contribution in [3.05, 3.63) is 0 Å². The zero-order chi connectivity index (χ0) is 13.0. The number of hydrogen-bond acceptors (Lipinski definition) is 2. The fourth-order valence-corrected chi connectivity index (χ4v) is 6.33. The maximum atomic E-state index is 11.8. The lowest BCUT2D eigenvalue weighted by Crippen LogP contribution is -2.55. The molecular formula is C15H22N2O. The van der Waals surface area contributed by atoms with Crippen LogP contribution in [0, 0.1) is 33.6 Å². The third-order valence-corrected chi connectivity index (χ3v) is 5.47. The quantitative estimate of drug-likeness (QED) is 0.601. The fraction of sp³-hybridized carbons (Fsp3) is 0.867. The van der Waals surface area contributed by atoms with Gasteiger partial charge in [0.2, 0.25) is 5.91 Å². The van der Waals surface area contributed by atoms with Crippen molar-refractivity contribution in [2.45, 2.75) is 58.8 Å². The number of carbonyl (C=O) groups excluding carboxylic acids is 1. The van der Waals surface area contributed by atoms with E-state index in [-0.39, 0.29) is 11.3 Å². The summed E-state index contributed by atoms with van der Waals surface area (Å²) in [5, 5.41) is 10.9. The summed E-state index contributed by atoms with van der Waals surface area (Å²) >= 11 is 0. The predicted molar refractivity (Wildman–Crippen MR) is 68.2 cm³/mol. The Balaban J connectivity index is 1.85. The monoisotopic (exact) mass is 246 g/mol. The number of nitrogens with one attached hydrogen (secondary N) is 1. The Bertz CT molecular complexity index is 418. The Hall–Kier alpha value is -1.04. The lowest BCUT2D eigenvalue weighted by molar-refractivity contribution is -0.155. The van der Waals surface area contributed by atoms with Crippen LogP contribution in [0.25, 0.3) is 0 Å². The van der Waals surface area contributed by atoms with E-state index in [1.165, 1.54) is 38.5 Å². The summed E-state index contributed by atoms with van der Waals surface area (Å²) in [5.41, 5.74) is 1.08. The Morgan fingerprint density at radius 1 is 1.22 bits per heavy atom. The zero-order valence-electron chi connectivity index (χ0n) is 11.4. The molecule has 0 aromatic heterocycles.